The van der Waals surface area contributed by atoms with Crippen LogP contribution in [0.5, 0.6) is 0 Å². The highest BCUT2D eigenvalue weighted by Crippen LogP contribution is 2.25. The highest BCUT2D eigenvalue weighted by molar-refractivity contribution is 5.49. The van der Waals surface area contributed by atoms with Gasteiger partial charge in [-0.2, -0.15) is 0 Å². The van der Waals surface area contributed by atoms with E-state index in [0.29, 0.717) is 0 Å². The Morgan fingerprint density at radius 2 is 1.71 bits per heavy atom. The van der Waals surface area contributed by atoms with E-state index in [2.05, 4.69) is 40.1 Å². The molecule has 2 heterocycles. The minimum Gasteiger partial charge on any atom is -0.368 e. The molecule has 2 aliphatic rings. The average molecular weight is 188 g/mol. The molecule has 0 amide bonds. The molecule has 0 N–H and O–H groups in total. The Balaban J connectivity index is 1.59. The molecule has 3 rings (SSSR count). The first-order valence-electron chi connectivity index (χ1n) is 5.47. The summed E-state index contributed by atoms with van der Waals surface area (Å²) in [5.41, 5.74) is 1.38. The molecule has 0 radical (unpaired) electrons. The van der Waals surface area contributed by atoms with E-state index in [1.165, 1.54) is 38.3 Å². The van der Waals surface area contributed by atoms with Gasteiger partial charge >= 0.3 is 0 Å². The molecule has 0 aromatic heterocycles. The highest BCUT2D eigenvalue weighted by Gasteiger charge is 2.34. The van der Waals surface area contributed by atoms with Crippen molar-refractivity contribution in [1.29, 1.82) is 0 Å². The summed E-state index contributed by atoms with van der Waals surface area (Å²) in [5, 5.41) is 0. The second kappa shape index (κ2) is 3.28. The van der Waals surface area contributed by atoms with Crippen LogP contribution in [0.3, 0.4) is 0 Å². The largest absolute Gasteiger partial charge is 0.368 e. The molecule has 74 valence electrons. The first-order valence-corrected chi connectivity index (χ1v) is 5.47. The molecule has 2 saturated heterocycles. The lowest BCUT2D eigenvalue weighted by Gasteiger charge is -2.50. The van der Waals surface area contributed by atoms with Gasteiger partial charge in [0.15, 0.2) is 0 Å². The van der Waals surface area contributed by atoms with Gasteiger partial charge in [0.25, 0.3) is 0 Å². The van der Waals surface area contributed by atoms with Crippen molar-refractivity contribution in [1.82, 2.24) is 4.90 Å². The summed E-state index contributed by atoms with van der Waals surface area (Å²) in [6, 6.07) is 11.6. The minimum absolute atomic E-state index is 0.837. The Morgan fingerprint density at radius 3 is 2.29 bits per heavy atom. The zero-order valence-corrected chi connectivity index (χ0v) is 8.39. The summed E-state index contributed by atoms with van der Waals surface area (Å²) in [4.78, 5) is 5.06. The Bertz CT molecular complexity index is 299. The zero-order valence-electron chi connectivity index (χ0n) is 8.39. The summed E-state index contributed by atoms with van der Waals surface area (Å²) < 4.78 is 0. The van der Waals surface area contributed by atoms with E-state index in [-0.39, 0.29) is 0 Å². The van der Waals surface area contributed by atoms with E-state index in [9.17, 15) is 0 Å². The van der Waals surface area contributed by atoms with Crippen LogP contribution in [0, 0.1) is 0 Å². The number of hydrogen-bond acceptors (Lipinski definition) is 2. The number of hydrogen-bond donors (Lipinski definition) is 0. The van der Waals surface area contributed by atoms with Crippen LogP contribution in [0.4, 0.5) is 5.69 Å². The van der Waals surface area contributed by atoms with Gasteiger partial charge in [0.05, 0.1) is 0 Å². The molecule has 1 aromatic rings. The molecule has 0 spiro atoms. The first kappa shape index (κ1) is 8.30. The van der Waals surface area contributed by atoms with Crippen molar-refractivity contribution in [2.75, 3.05) is 31.1 Å². The Hall–Kier alpha value is -1.02. The standard InChI is InChI=1S/C12H16N2/c1-2-5-11(6-3-1)14-9-12(10-14)13-7-4-8-13/h1-3,5-6,12H,4,7-10H2. The predicted molar refractivity (Wildman–Crippen MR) is 58.6 cm³/mol. The number of para-hydroxylation sites is 1. The van der Waals surface area contributed by atoms with E-state index < -0.39 is 0 Å². The number of nitrogens with zero attached hydrogens (tertiary/aromatic N) is 2. The minimum atomic E-state index is 0.837. The van der Waals surface area contributed by atoms with Gasteiger partial charge < -0.3 is 4.90 Å². The fraction of sp³-hybridized carbons (Fsp3) is 0.500. The SMILES string of the molecule is c1ccc(N2CC(N3CCC3)C2)cc1. The number of likely N-dealkylation sites (tertiary alicyclic amines) is 1. The number of anilines is 1. The van der Waals surface area contributed by atoms with Gasteiger partial charge in [0.2, 0.25) is 0 Å². The molecule has 2 nitrogen and oxygen atoms in total. The molecule has 2 heteroatoms. The van der Waals surface area contributed by atoms with Crippen LogP contribution in [0.2, 0.25) is 0 Å². The molecule has 0 unspecified atom stereocenters. The third-order valence-corrected chi connectivity index (χ3v) is 3.39. The van der Waals surface area contributed by atoms with Gasteiger partial charge in [-0.3, -0.25) is 4.90 Å². The van der Waals surface area contributed by atoms with Crippen LogP contribution in [0.15, 0.2) is 30.3 Å². The van der Waals surface area contributed by atoms with Gasteiger partial charge in [-0.25, -0.2) is 0 Å². The van der Waals surface area contributed by atoms with Crippen LogP contribution >= 0.6 is 0 Å². The monoisotopic (exact) mass is 188 g/mol. The van der Waals surface area contributed by atoms with Gasteiger partial charge in [0, 0.05) is 24.8 Å². The van der Waals surface area contributed by atoms with Gasteiger partial charge in [-0.1, -0.05) is 18.2 Å². The normalized spacial score (nSPS) is 23.0. The van der Waals surface area contributed by atoms with Crippen LogP contribution in [0.1, 0.15) is 6.42 Å². The van der Waals surface area contributed by atoms with Crippen molar-refractivity contribution in [2.45, 2.75) is 12.5 Å². The van der Waals surface area contributed by atoms with Crippen molar-refractivity contribution in [3.63, 3.8) is 0 Å². The van der Waals surface area contributed by atoms with Crippen LogP contribution in [-0.4, -0.2) is 37.1 Å². The topological polar surface area (TPSA) is 6.48 Å². The molecular weight excluding hydrogens is 172 g/mol. The predicted octanol–water partition coefficient (Wildman–Crippen LogP) is 1.58. The maximum atomic E-state index is 2.60. The van der Waals surface area contributed by atoms with E-state index in [1.807, 2.05) is 0 Å². The van der Waals surface area contributed by atoms with Crippen molar-refractivity contribution >= 4 is 5.69 Å². The summed E-state index contributed by atoms with van der Waals surface area (Å²) in [6.07, 6.45) is 1.40. The van der Waals surface area contributed by atoms with Crippen molar-refractivity contribution in [3.8, 4) is 0 Å². The molecular formula is C12H16N2. The first-order chi connectivity index (χ1) is 6.93. The Kier molecular flexibility index (Phi) is 1.95. The second-order valence-electron chi connectivity index (χ2n) is 4.28. The van der Waals surface area contributed by atoms with E-state index in [0.717, 1.165) is 6.04 Å². The lowest BCUT2D eigenvalue weighted by Crippen LogP contribution is -2.62. The maximum Gasteiger partial charge on any atom is 0.0446 e. The third kappa shape index (κ3) is 1.30. The van der Waals surface area contributed by atoms with Gasteiger partial charge in [-0.15, -0.1) is 0 Å². The quantitative estimate of drug-likeness (QED) is 0.695. The van der Waals surface area contributed by atoms with Gasteiger partial charge in [0.1, 0.15) is 0 Å². The maximum absolute atomic E-state index is 2.60. The van der Waals surface area contributed by atoms with Crippen molar-refractivity contribution < 1.29 is 0 Å². The van der Waals surface area contributed by atoms with Crippen LogP contribution < -0.4 is 4.90 Å². The molecule has 0 saturated carbocycles. The third-order valence-electron chi connectivity index (χ3n) is 3.39. The lowest BCUT2D eigenvalue weighted by molar-refractivity contribution is 0.0977. The smallest absolute Gasteiger partial charge is 0.0446 e. The summed E-state index contributed by atoms with van der Waals surface area (Å²) in [7, 11) is 0. The lowest BCUT2D eigenvalue weighted by atomic mass is 10.0. The number of benzene rings is 1. The van der Waals surface area contributed by atoms with E-state index in [4.69, 9.17) is 0 Å². The van der Waals surface area contributed by atoms with Crippen molar-refractivity contribution in [3.05, 3.63) is 30.3 Å². The fourth-order valence-corrected chi connectivity index (χ4v) is 2.24. The van der Waals surface area contributed by atoms with Crippen molar-refractivity contribution in [2.24, 2.45) is 0 Å². The average Bonchev–Trinajstić information content (AvgIpc) is 2.09. The summed E-state index contributed by atoms with van der Waals surface area (Å²) >= 11 is 0. The highest BCUT2D eigenvalue weighted by atomic mass is 15.3. The molecule has 2 aliphatic heterocycles. The summed E-state index contributed by atoms with van der Waals surface area (Å²) in [6.45, 7) is 5.11. The van der Waals surface area contributed by atoms with E-state index >= 15 is 0 Å². The zero-order chi connectivity index (χ0) is 9.38. The molecule has 0 bridgehead atoms. The fourth-order valence-electron chi connectivity index (χ4n) is 2.24. The molecule has 14 heavy (non-hydrogen) atoms. The molecule has 0 atom stereocenters. The van der Waals surface area contributed by atoms with Crippen LogP contribution in [0.25, 0.3) is 0 Å². The molecule has 1 aromatic carbocycles. The van der Waals surface area contributed by atoms with Crippen LogP contribution in [-0.2, 0) is 0 Å². The summed E-state index contributed by atoms with van der Waals surface area (Å²) in [5.74, 6) is 0. The molecule has 0 aliphatic carbocycles. The van der Waals surface area contributed by atoms with E-state index in [1.54, 1.807) is 0 Å². The Labute approximate surface area is 85.1 Å². The van der Waals surface area contributed by atoms with Gasteiger partial charge in [-0.05, 0) is 31.6 Å². The second-order valence-corrected chi connectivity index (χ2v) is 4.28. The number of rotatable bonds is 2. The molecule has 2 fully saturated rings. The Morgan fingerprint density at radius 1 is 1.00 bits per heavy atom.